The number of benzene rings is 2. The highest BCUT2D eigenvalue weighted by molar-refractivity contribution is 9.10. The fourth-order valence-corrected chi connectivity index (χ4v) is 2.86. The number of halogens is 1. The van der Waals surface area contributed by atoms with Crippen LogP contribution in [0.2, 0.25) is 0 Å². The van der Waals surface area contributed by atoms with Gasteiger partial charge in [0.2, 0.25) is 0 Å². The zero-order valence-electron chi connectivity index (χ0n) is 16.7. The first-order valence-corrected chi connectivity index (χ1v) is 9.62. The Balaban J connectivity index is 2.21. The predicted molar refractivity (Wildman–Crippen MR) is 118 cm³/mol. The average molecular weight is 456 g/mol. The van der Waals surface area contributed by atoms with E-state index >= 15 is 0 Å². The lowest BCUT2D eigenvalue weighted by atomic mass is 9.98. The third-order valence-corrected chi connectivity index (χ3v) is 4.64. The van der Waals surface area contributed by atoms with E-state index in [0.717, 1.165) is 21.2 Å². The Morgan fingerprint density at radius 3 is 2.62 bits per heavy atom. The molecule has 0 atom stereocenters. The number of oxime groups is 2. The van der Waals surface area contributed by atoms with Gasteiger partial charge < -0.3 is 15.0 Å². The van der Waals surface area contributed by atoms with Crippen LogP contribution in [0, 0.1) is 18.8 Å². The van der Waals surface area contributed by atoms with E-state index in [1.165, 1.54) is 14.2 Å². The zero-order chi connectivity index (χ0) is 21.2. The number of carbonyl (C=O) groups excluding carboxylic acids is 1. The molecule has 2 aromatic rings. The molecule has 0 aliphatic carbocycles. The Morgan fingerprint density at radius 1 is 1.17 bits per heavy atom. The molecule has 2 aromatic carbocycles. The topological polar surface area (TPSA) is 72.3 Å². The summed E-state index contributed by atoms with van der Waals surface area (Å²) in [5.41, 5.74) is 3.94. The number of carbonyl (C=O) groups is 1. The van der Waals surface area contributed by atoms with Crippen LogP contribution in [0.1, 0.15) is 29.2 Å². The highest BCUT2D eigenvalue weighted by atomic mass is 79.9. The number of likely N-dealkylation sites (N-methyl/N-ethyl adjacent to an activating group) is 1. The second kappa shape index (κ2) is 11.0. The summed E-state index contributed by atoms with van der Waals surface area (Å²) in [6.07, 6.45) is 0. The Bertz CT molecular complexity index is 1000. The first kappa shape index (κ1) is 22.2. The normalized spacial score (nSPS) is 11.3. The van der Waals surface area contributed by atoms with Crippen LogP contribution in [0.5, 0.6) is 0 Å². The Morgan fingerprint density at radius 2 is 1.93 bits per heavy atom. The maximum absolute atomic E-state index is 12.2. The Kier molecular flexibility index (Phi) is 8.44. The molecule has 1 amide bonds. The maximum atomic E-state index is 12.2. The third-order valence-electron chi connectivity index (χ3n) is 3.95. The van der Waals surface area contributed by atoms with Crippen molar-refractivity contribution in [1.82, 2.24) is 5.32 Å². The number of hydrogen-bond donors (Lipinski definition) is 1. The van der Waals surface area contributed by atoms with Crippen LogP contribution in [0.15, 0.2) is 57.2 Å². The van der Waals surface area contributed by atoms with Gasteiger partial charge in [-0.25, -0.2) is 0 Å². The molecule has 1 N–H and O–H groups in total. The standard InChI is InChI=1S/C22H22BrN3O3/c1-15-8-7-10-18(21(26-28-4)22(27)24-3)19(15)14-29-25-16(2)12-13-17-9-5-6-11-20(17)23/h5-11H,14H2,1-4H3,(H,24,27)/b25-16+,26-21+. The van der Waals surface area contributed by atoms with Crippen LogP contribution >= 0.6 is 15.9 Å². The lowest BCUT2D eigenvalue weighted by Crippen LogP contribution is -2.29. The van der Waals surface area contributed by atoms with Crippen molar-refractivity contribution in [1.29, 1.82) is 0 Å². The summed E-state index contributed by atoms with van der Waals surface area (Å²) in [5, 5.41) is 10.5. The highest BCUT2D eigenvalue weighted by Gasteiger charge is 2.19. The molecule has 0 aliphatic heterocycles. The third kappa shape index (κ3) is 6.19. The van der Waals surface area contributed by atoms with Gasteiger partial charge in [-0.05, 0) is 53.4 Å². The van der Waals surface area contributed by atoms with Crippen molar-refractivity contribution in [2.75, 3.05) is 14.2 Å². The van der Waals surface area contributed by atoms with Gasteiger partial charge in [-0.3, -0.25) is 4.79 Å². The molecule has 7 heteroatoms. The summed E-state index contributed by atoms with van der Waals surface area (Å²) in [7, 11) is 2.93. The van der Waals surface area contributed by atoms with Gasteiger partial charge in [-0.2, -0.15) is 0 Å². The van der Waals surface area contributed by atoms with E-state index in [2.05, 4.69) is 43.4 Å². The van der Waals surface area contributed by atoms with E-state index in [1.54, 1.807) is 13.0 Å². The molecule has 150 valence electrons. The van der Waals surface area contributed by atoms with Crippen LogP contribution in [0.3, 0.4) is 0 Å². The Hall–Kier alpha value is -3.11. The van der Waals surface area contributed by atoms with E-state index in [-0.39, 0.29) is 18.2 Å². The fraction of sp³-hybridized carbons (Fsp3) is 0.227. The molecule has 0 aliphatic rings. The van der Waals surface area contributed by atoms with E-state index in [0.29, 0.717) is 11.3 Å². The first-order chi connectivity index (χ1) is 14.0. The molecule has 29 heavy (non-hydrogen) atoms. The summed E-state index contributed by atoms with van der Waals surface area (Å²) in [4.78, 5) is 22.5. The molecule has 0 unspecified atom stereocenters. The zero-order valence-corrected chi connectivity index (χ0v) is 18.3. The lowest BCUT2D eigenvalue weighted by molar-refractivity contribution is -0.114. The lowest BCUT2D eigenvalue weighted by Gasteiger charge is -2.12. The van der Waals surface area contributed by atoms with E-state index in [9.17, 15) is 4.79 Å². The quantitative estimate of drug-likeness (QED) is 0.409. The second-order valence-corrected chi connectivity index (χ2v) is 6.84. The number of nitrogens with one attached hydrogen (secondary N) is 1. The van der Waals surface area contributed by atoms with Crippen LogP contribution < -0.4 is 5.32 Å². The Labute approximate surface area is 179 Å². The molecule has 0 fully saturated rings. The van der Waals surface area contributed by atoms with Gasteiger partial charge in [-0.1, -0.05) is 46.6 Å². The summed E-state index contributed by atoms with van der Waals surface area (Å²) in [6, 6.07) is 13.3. The minimum atomic E-state index is -0.349. The average Bonchev–Trinajstić information content (AvgIpc) is 2.72. The molecule has 2 rings (SSSR count). The van der Waals surface area contributed by atoms with Crippen molar-refractivity contribution in [3.05, 3.63) is 69.2 Å². The summed E-state index contributed by atoms with van der Waals surface area (Å²) in [6.45, 7) is 3.86. The van der Waals surface area contributed by atoms with Crippen molar-refractivity contribution >= 4 is 33.3 Å². The number of rotatable bonds is 6. The highest BCUT2D eigenvalue weighted by Crippen LogP contribution is 2.18. The number of hydrogen-bond acceptors (Lipinski definition) is 5. The van der Waals surface area contributed by atoms with Crippen molar-refractivity contribution in [2.24, 2.45) is 10.3 Å². The molecule has 0 aromatic heterocycles. The van der Waals surface area contributed by atoms with Crippen LogP contribution in [-0.4, -0.2) is 31.5 Å². The molecule has 0 saturated heterocycles. The van der Waals surface area contributed by atoms with Gasteiger partial charge in [0.15, 0.2) is 5.71 Å². The van der Waals surface area contributed by atoms with Gasteiger partial charge in [0.05, 0.1) is 0 Å². The molecule has 0 radical (unpaired) electrons. The summed E-state index contributed by atoms with van der Waals surface area (Å²) >= 11 is 3.46. The van der Waals surface area contributed by atoms with E-state index < -0.39 is 0 Å². The minimum Gasteiger partial charge on any atom is -0.398 e. The monoisotopic (exact) mass is 455 g/mol. The van der Waals surface area contributed by atoms with Gasteiger partial charge >= 0.3 is 0 Å². The van der Waals surface area contributed by atoms with Crippen molar-refractivity contribution in [3.8, 4) is 11.8 Å². The van der Waals surface area contributed by atoms with Crippen molar-refractivity contribution in [2.45, 2.75) is 20.5 Å². The number of aryl methyl sites for hydroxylation is 1. The number of amides is 1. The molecule has 0 saturated carbocycles. The second-order valence-electron chi connectivity index (χ2n) is 5.98. The molecule has 0 bridgehead atoms. The fourth-order valence-electron chi connectivity index (χ4n) is 2.48. The summed E-state index contributed by atoms with van der Waals surface area (Å²) in [5.74, 6) is 5.66. The minimum absolute atomic E-state index is 0.162. The predicted octanol–water partition coefficient (Wildman–Crippen LogP) is 3.80. The number of nitrogens with zero attached hydrogens (tertiary/aromatic N) is 2. The van der Waals surface area contributed by atoms with Gasteiger partial charge in [-0.15, -0.1) is 0 Å². The van der Waals surface area contributed by atoms with Crippen LogP contribution in [-0.2, 0) is 21.1 Å². The first-order valence-electron chi connectivity index (χ1n) is 8.83. The van der Waals surface area contributed by atoms with Gasteiger partial charge in [0.1, 0.15) is 19.4 Å². The maximum Gasteiger partial charge on any atom is 0.273 e. The van der Waals surface area contributed by atoms with Gasteiger partial charge in [0, 0.05) is 28.2 Å². The molecule has 0 heterocycles. The van der Waals surface area contributed by atoms with Crippen LogP contribution in [0.4, 0.5) is 0 Å². The molecular formula is C22H22BrN3O3. The summed E-state index contributed by atoms with van der Waals surface area (Å²) < 4.78 is 0.921. The molecular weight excluding hydrogens is 434 g/mol. The SMILES string of the molecule is CNC(=O)/C(=N/OC)c1cccc(C)c1CO/N=C(\C)C#Cc1ccccc1Br. The van der Waals surface area contributed by atoms with E-state index in [4.69, 9.17) is 9.68 Å². The van der Waals surface area contributed by atoms with E-state index in [1.807, 2.05) is 43.3 Å². The van der Waals surface area contributed by atoms with Crippen LogP contribution in [0.25, 0.3) is 0 Å². The molecule has 0 spiro atoms. The molecule has 6 nitrogen and oxygen atoms in total. The van der Waals surface area contributed by atoms with Crippen molar-refractivity contribution < 1.29 is 14.5 Å². The van der Waals surface area contributed by atoms with Gasteiger partial charge in [0.25, 0.3) is 5.91 Å². The van der Waals surface area contributed by atoms with Crippen molar-refractivity contribution in [3.63, 3.8) is 0 Å². The smallest absolute Gasteiger partial charge is 0.273 e. The largest absolute Gasteiger partial charge is 0.398 e.